The molecule has 2 aromatic rings. The maximum absolute atomic E-state index is 12.5. The fourth-order valence-electron chi connectivity index (χ4n) is 3.22. The third kappa shape index (κ3) is 3.97. The Hall–Kier alpha value is -2.29. The molecular weight excluding hydrogens is 298 g/mol. The van der Waals surface area contributed by atoms with Gasteiger partial charge in [-0.15, -0.1) is 0 Å². The van der Waals surface area contributed by atoms with E-state index in [-0.39, 0.29) is 5.91 Å². The monoisotopic (exact) mass is 323 g/mol. The lowest BCUT2D eigenvalue weighted by atomic mass is 9.92. The summed E-state index contributed by atoms with van der Waals surface area (Å²) in [5, 5.41) is 2.95. The van der Waals surface area contributed by atoms with Gasteiger partial charge in [0.1, 0.15) is 5.75 Å². The first kappa shape index (κ1) is 16.6. The first-order chi connectivity index (χ1) is 11.7. The molecule has 24 heavy (non-hydrogen) atoms. The van der Waals surface area contributed by atoms with Gasteiger partial charge in [0, 0.05) is 5.69 Å². The summed E-state index contributed by atoms with van der Waals surface area (Å²) in [6.45, 7) is 3.98. The van der Waals surface area contributed by atoms with Crippen LogP contribution in [-0.4, -0.2) is 12.0 Å². The van der Waals surface area contributed by atoms with Gasteiger partial charge in [-0.25, -0.2) is 0 Å². The van der Waals surface area contributed by atoms with E-state index in [1.54, 1.807) is 0 Å². The van der Waals surface area contributed by atoms with Crippen LogP contribution < -0.4 is 10.1 Å². The molecule has 0 spiro atoms. The molecule has 1 amide bonds. The van der Waals surface area contributed by atoms with Crippen molar-refractivity contribution >= 4 is 11.6 Å². The molecule has 0 saturated heterocycles. The highest BCUT2D eigenvalue weighted by Gasteiger charge is 2.19. The minimum atomic E-state index is -0.479. The van der Waals surface area contributed by atoms with Gasteiger partial charge in [0.15, 0.2) is 6.10 Å². The molecule has 1 aliphatic rings. The molecule has 0 saturated carbocycles. The predicted molar refractivity (Wildman–Crippen MR) is 97.6 cm³/mol. The average Bonchev–Trinajstić information content (AvgIpc) is 2.59. The maximum Gasteiger partial charge on any atom is 0.265 e. The number of hydrogen-bond donors (Lipinski definition) is 1. The molecule has 126 valence electrons. The molecule has 2 aromatic carbocycles. The lowest BCUT2D eigenvalue weighted by molar-refractivity contribution is -0.122. The van der Waals surface area contributed by atoms with Gasteiger partial charge in [0.2, 0.25) is 0 Å². The predicted octanol–water partition coefficient (Wildman–Crippen LogP) is 4.67. The van der Waals surface area contributed by atoms with Crippen molar-refractivity contribution in [2.75, 3.05) is 5.32 Å². The molecule has 3 heteroatoms. The summed E-state index contributed by atoms with van der Waals surface area (Å²) < 4.78 is 5.98. The van der Waals surface area contributed by atoms with Crippen molar-refractivity contribution < 1.29 is 9.53 Å². The van der Waals surface area contributed by atoms with Gasteiger partial charge in [-0.05, 0) is 80.0 Å². The SMILES string of the molecule is CCC(Oc1ccc2c(c1)CCCC2)C(=O)Nc1cccc(C)c1. The largest absolute Gasteiger partial charge is 0.481 e. The van der Waals surface area contributed by atoms with Crippen molar-refractivity contribution in [1.82, 2.24) is 0 Å². The van der Waals surface area contributed by atoms with Crippen LogP contribution in [0.2, 0.25) is 0 Å². The molecule has 1 unspecified atom stereocenters. The Bertz CT molecular complexity index is 724. The molecule has 0 aromatic heterocycles. The zero-order valence-corrected chi connectivity index (χ0v) is 14.5. The number of carbonyl (C=O) groups excluding carboxylic acids is 1. The van der Waals surface area contributed by atoms with Crippen molar-refractivity contribution in [2.45, 2.75) is 52.1 Å². The molecule has 0 heterocycles. The third-order valence-electron chi connectivity index (χ3n) is 4.55. The Morgan fingerprint density at radius 3 is 2.67 bits per heavy atom. The number of rotatable bonds is 5. The topological polar surface area (TPSA) is 38.3 Å². The Kier molecular flexibility index (Phi) is 5.19. The number of hydrogen-bond acceptors (Lipinski definition) is 2. The van der Waals surface area contributed by atoms with E-state index in [1.165, 1.54) is 24.0 Å². The fraction of sp³-hybridized carbons (Fsp3) is 0.381. The van der Waals surface area contributed by atoms with Crippen molar-refractivity contribution in [3.05, 3.63) is 59.2 Å². The highest BCUT2D eigenvalue weighted by atomic mass is 16.5. The second-order valence-electron chi connectivity index (χ2n) is 6.51. The van der Waals surface area contributed by atoms with Crippen LogP contribution in [0.5, 0.6) is 5.75 Å². The molecule has 3 nitrogen and oxygen atoms in total. The smallest absolute Gasteiger partial charge is 0.265 e. The Morgan fingerprint density at radius 1 is 1.12 bits per heavy atom. The number of nitrogens with one attached hydrogen (secondary N) is 1. The molecular formula is C21H25NO2. The minimum absolute atomic E-state index is 0.0965. The van der Waals surface area contributed by atoms with E-state index in [0.29, 0.717) is 6.42 Å². The summed E-state index contributed by atoms with van der Waals surface area (Å²) in [6, 6.07) is 14.1. The van der Waals surface area contributed by atoms with Crippen LogP contribution in [0.25, 0.3) is 0 Å². The molecule has 0 aliphatic heterocycles. The molecule has 1 atom stereocenters. The van der Waals surface area contributed by atoms with Crippen LogP contribution in [0.15, 0.2) is 42.5 Å². The molecule has 3 rings (SSSR count). The van der Waals surface area contributed by atoms with E-state index in [4.69, 9.17) is 4.74 Å². The summed E-state index contributed by atoms with van der Waals surface area (Å²) in [4.78, 5) is 12.5. The lowest BCUT2D eigenvalue weighted by Gasteiger charge is -2.20. The third-order valence-corrected chi connectivity index (χ3v) is 4.55. The van der Waals surface area contributed by atoms with Crippen LogP contribution in [-0.2, 0) is 17.6 Å². The second-order valence-corrected chi connectivity index (χ2v) is 6.51. The fourth-order valence-corrected chi connectivity index (χ4v) is 3.22. The Balaban J connectivity index is 1.68. The summed E-state index contributed by atoms with van der Waals surface area (Å²) in [6.07, 6.45) is 4.92. The highest BCUT2D eigenvalue weighted by Crippen LogP contribution is 2.26. The standard InChI is InChI=1S/C21H25NO2/c1-3-20(21(23)22-18-10-6-7-15(2)13-18)24-19-12-11-16-8-4-5-9-17(16)14-19/h6-7,10-14,20H,3-5,8-9H2,1-2H3,(H,22,23). The Labute approximate surface area is 144 Å². The summed E-state index contributed by atoms with van der Waals surface area (Å²) in [5.41, 5.74) is 4.72. The second kappa shape index (κ2) is 7.52. The van der Waals surface area contributed by atoms with Gasteiger partial charge in [-0.2, -0.15) is 0 Å². The normalized spacial score (nSPS) is 14.6. The molecule has 0 fully saturated rings. The van der Waals surface area contributed by atoms with Crippen molar-refractivity contribution in [3.8, 4) is 5.75 Å². The van der Waals surface area contributed by atoms with E-state index < -0.39 is 6.10 Å². The zero-order valence-electron chi connectivity index (χ0n) is 14.5. The zero-order chi connectivity index (χ0) is 16.9. The van der Waals surface area contributed by atoms with Crippen molar-refractivity contribution in [3.63, 3.8) is 0 Å². The van der Waals surface area contributed by atoms with Gasteiger partial charge in [0.05, 0.1) is 0 Å². The van der Waals surface area contributed by atoms with Gasteiger partial charge >= 0.3 is 0 Å². The van der Waals surface area contributed by atoms with Crippen molar-refractivity contribution in [2.24, 2.45) is 0 Å². The van der Waals surface area contributed by atoms with Crippen LogP contribution in [0.3, 0.4) is 0 Å². The number of anilines is 1. The lowest BCUT2D eigenvalue weighted by Crippen LogP contribution is -2.32. The summed E-state index contributed by atoms with van der Waals surface area (Å²) in [5.74, 6) is 0.697. The Morgan fingerprint density at radius 2 is 1.92 bits per heavy atom. The van der Waals surface area contributed by atoms with Crippen LogP contribution >= 0.6 is 0 Å². The number of aryl methyl sites for hydroxylation is 3. The average molecular weight is 323 g/mol. The highest BCUT2D eigenvalue weighted by molar-refractivity contribution is 5.94. The first-order valence-corrected chi connectivity index (χ1v) is 8.81. The van der Waals surface area contributed by atoms with E-state index in [2.05, 4.69) is 17.4 Å². The van der Waals surface area contributed by atoms with E-state index in [9.17, 15) is 4.79 Å². The van der Waals surface area contributed by atoms with E-state index in [1.807, 2.05) is 44.2 Å². The van der Waals surface area contributed by atoms with Gasteiger partial charge in [-0.1, -0.05) is 25.1 Å². The van der Waals surface area contributed by atoms with Crippen molar-refractivity contribution in [1.29, 1.82) is 0 Å². The first-order valence-electron chi connectivity index (χ1n) is 8.81. The number of fused-ring (bicyclic) bond motifs is 1. The van der Waals surface area contributed by atoms with Gasteiger partial charge in [-0.3, -0.25) is 4.79 Å². The van der Waals surface area contributed by atoms with Crippen LogP contribution in [0.1, 0.15) is 42.9 Å². The molecule has 1 N–H and O–H groups in total. The van der Waals surface area contributed by atoms with Gasteiger partial charge < -0.3 is 10.1 Å². The number of amides is 1. The van der Waals surface area contributed by atoms with Crippen LogP contribution in [0.4, 0.5) is 5.69 Å². The van der Waals surface area contributed by atoms with E-state index >= 15 is 0 Å². The number of ether oxygens (including phenoxy) is 1. The summed E-state index contributed by atoms with van der Waals surface area (Å²) in [7, 11) is 0. The maximum atomic E-state index is 12.5. The number of benzene rings is 2. The number of carbonyl (C=O) groups is 1. The molecule has 0 radical (unpaired) electrons. The van der Waals surface area contributed by atoms with Gasteiger partial charge in [0.25, 0.3) is 5.91 Å². The summed E-state index contributed by atoms with van der Waals surface area (Å²) >= 11 is 0. The molecule has 1 aliphatic carbocycles. The van der Waals surface area contributed by atoms with Crippen LogP contribution in [0, 0.1) is 6.92 Å². The minimum Gasteiger partial charge on any atom is -0.481 e. The van der Waals surface area contributed by atoms with E-state index in [0.717, 1.165) is 29.8 Å². The quantitative estimate of drug-likeness (QED) is 0.868. The molecule has 0 bridgehead atoms.